The van der Waals surface area contributed by atoms with Crippen molar-refractivity contribution >= 4 is 25.1 Å². The van der Waals surface area contributed by atoms with Gasteiger partial charge in [-0.1, -0.05) is 18.2 Å². The molecule has 2 saturated heterocycles. The second-order valence-electron chi connectivity index (χ2n) is 7.84. The van der Waals surface area contributed by atoms with E-state index in [2.05, 4.69) is 10.1 Å². The van der Waals surface area contributed by atoms with Crippen LogP contribution in [-0.4, -0.2) is 57.7 Å². The minimum Gasteiger partial charge on any atom is -0.465 e. The third kappa shape index (κ3) is 3.77. The fourth-order valence-corrected chi connectivity index (χ4v) is 5.55. The smallest absolute Gasteiger partial charge is 0.465 e. The molecule has 2 aliphatic rings. The van der Waals surface area contributed by atoms with Gasteiger partial charge in [0.15, 0.2) is 5.82 Å². The van der Waals surface area contributed by atoms with Crippen LogP contribution in [-0.2, 0) is 39.8 Å². The number of hydrogen-bond donors (Lipinski definition) is 2. The van der Waals surface area contributed by atoms with Crippen molar-refractivity contribution in [2.24, 2.45) is 0 Å². The standard InChI is InChI=1S/C21H20N5O8P/c1-30-20(28)13-5-3-2-4-12(13)8-31-35(29)32-9-15-17(34-35)18(27)21(10-22,33-15)16-7-6-14-19(23)24-11-25-26(14)16/h2-7,11,15,17-18,27H,8-9H2,1H3,(H2,23,24,25)/t15-,17-,18-,21+,35?/m1/s1. The summed E-state index contributed by atoms with van der Waals surface area (Å²) in [5.41, 5.74) is 5.19. The second kappa shape index (κ2) is 8.69. The first-order chi connectivity index (χ1) is 16.8. The lowest BCUT2D eigenvalue weighted by atomic mass is 9.92. The lowest BCUT2D eigenvalue weighted by Gasteiger charge is -2.30. The number of phosphoric acid groups is 1. The largest absolute Gasteiger partial charge is 0.475 e. The molecule has 2 fully saturated rings. The van der Waals surface area contributed by atoms with Gasteiger partial charge in [-0.25, -0.2) is 18.9 Å². The highest BCUT2D eigenvalue weighted by atomic mass is 31.2. The first kappa shape index (κ1) is 23.4. The third-order valence-electron chi connectivity index (χ3n) is 5.91. The van der Waals surface area contributed by atoms with Crippen LogP contribution in [0.25, 0.3) is 5.52 Å². The van der Waals surface area contributed by atoms with E-state index >= 15 is 0 Å². The Labute approximate surface area is 198 Å². The molecule has 0 spiro atoms. The number of aliphatic hydroxyl groups excluding tert-OH is 1. The zero-order valence-corrected chi connectivity index (χ0v) is 19.2. The number of hydrogen-bond acceptors (Lipinski definition) is 12. The number of nitrogen functional groups attached to an aromatic ring is 1. The Kier molecular flexibility index (Phi) is 5.80. The average molecular weight is 501 g/mol. The summed E-state index contributed by atoms with van der Waals surface area (Å²) >= 11 is 0. The van der Waals surface area contributed by atoms with Gasteiger partial charge in [0, 0.05) is 0 Å². The minimum atomic E-state index is -4.20. The second-order valence-corrected chi connectivity index (χ2v) is 9.47. The van der Waals surface area contributed by atoms with Crippen molar-refractivity contribution in [1.82, 2.24) is 14.6 Å². The number of rotatable bonds is 5. The first-order valence-corrected chi connectivity index (χ1v) is 11.9. The van der Waals surface area contributed by atoms with Crippen LogP contribution in [0.2, 0.25) is 0 Å². The molecule has 0 amide bonds. The van der Waals surface area contributed by atoms with Crippen molar-refractivity contribution in [3.05, 3.63) is 59.5 Å². The summed E-state index contributed by atoms with van der Waals surface area (Å²) in [4.78, 5) is 15.9. The molecule has 1 unspecified atom stereocenters. The number of aliphatic hydroxyl groups is 1. The third-order valence-corrected chi connectivity index (χ3v) is 7.32. The highest BCUT2D eigenvalue weighted by Crippen LogP contribution is 2.58. The number of methoxy groups -OCH3 is 1. The molecular weight excluding hydrogens is 481 g/mol. The van der Waals surface area contributed by atoms with E-state index in [0.29, 0.717) is 11.1 Å². The Morgan fingerprint density at radius 3 is 2.97 bits per heavy atom. The summed E-state index contributed by atoms with van der Waals surface area (Å²) in [6, 6.07) is 11.6. The van der Waals surface area contributed by atoms with E-state index < -0.39 is 37.7 Å². The fraction of sp³-hybridized carbons (Fsp3) is 0.333. The SMILES string of the molecule is COC(=O)c1ccccc1COP1(=O)OC[C@H]2O[C@@](C#N)(c3ccc4c(N)ncnn34)[C@H](O)[C@@H]2O1. The van der Waals surface area contributed by atoms with E-state index in [-0.39, 0.29) is 30.3 Å². The maximum Gasteiger partial charge on any atom is 0.475 e. The monoisotopic (exact) mass is 501 g/mol. The summed E-state index contributed by atoms with van der Waals surface area (Å²) in [6.07, 6.45) is -2.51. The summed E-state index contributed by atoms with van der Waals surface area (Å²) in [7, 11) is -2.96. The Bertz CT molecular complexity index is 1390. The van der Waals surface area contributed by atoms with Crippen LogP contribution in [0.5, 0.6) is 0 Å². The number of esters is 1. The van der Waals surface area contributed by atoms with E-state index in [1.165, 1.54) is 30.1 Å². The predicted molar refractivity (Wildman–Crippen MR) is 117 cm³/mol. The molecule has 0 bridgehead atoms. The Balaban J connectivity index is 1.39. The maximum atomic E-state index is 13.2. The molecule has 4 heterocycles. The highest BCUT2D eigenvalue weighted by molar-refractivity contribution is 7.48. The normalized spacial score (nSPS) is 30.0. The molecule has 35 heavy (non-hydrogen) atoms. The Morgan fingerprint density at radius 2 is 2.20 bits per heavy atom. The van der Waals surface area contributed by atoms with E-state index in [0.717, 1.165) is 0 Å². The Hall–Kier alpha value is -3.37. The number of nitrogens with zero attached hydrogens (tertiary/aromatic N) is 4. The van der Waals surface area contributed by atoms with Crippen LogP contribution in [0.1, 0.15) is 21.6 Å². The first-order valence-electron chi connectivity index (χ1n) is 10.4. The predicted octanol–water partition coefficient (Wildman–Crippen LogP) is 1.32. The Morgan fingerprint density at radius 1 is 1.40 bits per heavy atom. The fourth-order valence-electron chi connectivity index (χ4n) is 4.18. The number of carbonyl (C=O) groups excluding carboxylic acids is 1. The van der Waals surface area contributed by atoms with Crippen LogP contribution in [0.4, 0.5) is 5.82 Å². The van der Waals surface area contributed by atoms with Gasteiger partial charge in [0.05, 0.1) is 31.6 Å². The van der Waals surface area contributed by atoms with Gasteiger partial charge < -0.3 is 20.3 Å². The van der Waals surface area contributed by atoms with Gasteiger partial charge in [-0.3, -0.25) is 13.6 Å². The highest BCUT2D eigenvalue weighted by Gasteiger charge is 2.62. The van der Waals surface area contributed by atoms with Crippen LogP contribution >= 0.6 is 7.82 Å². The topological polar surface area (TPSA) is 181 Å². The quantitative estimate of drug-likeness (QED) is 0.378. The van der Waals surface area contributed by atoms with Crippen molar-refractivity contribution in [3.63, 3.8) is 0 Å². The summed E-state index contributed by atoms with van der Waals surface area (Å²) in [6.45, 7) is -0.568. The molecule has 14 heteroatoms. The molecule has 0 saturated carbocycles. The zero-order valence-electron chi connectivity index (χ0n) is 18.3. The van der Waals surface area contributed by atoms with E-state index in [4.69, 9.17) is 28.8 Å². The van der Waals surface area contributed by atoms with Crippen molar-refractivity contribution in [3.8, 4) is 6.07 Å². The number of nitriles is 1. The lowest BCUT2D eigenvalue weighted by Crippen LogP contribution is -2.43. The number of anilines is 1. The zero-order chi connectivity index (χ0) is 24.8. The number of fused-ring (bicyclic) bond motifs is 2. The molecule has 3 aromatic rings. The maximum absolute atomic E-state index is 13.2. The molecule has 1 aromatic carbocycles. The van der Waals surface area contributed by atoms with Crippen molar-refractivity contribution in [1.29, 1.82) is 5.26 Å². The van der Waals surface area contributed by atoms with Crippen molar-refractivity contribution in [2.45, 2.75) is 30.5 Å². The number of nitrogens with two attached hydrogens (primary N) is 1. The number of aromatic nitrogens is 3. The molecule has 2 aliphatic heterocycles. The number of ether oxygens (including phenoxy) is 2. The molecule has 182 valence electrons. The number of carbonyl (C=O) groups is 1. The molecular formula is C21H20N5O8P. The van der Waals surface area contributed by atoms with Crippen LogP contribution in [0.3, 0.4) is 0 Å². The number of phosphoric ester groups is 1. The van der Waals surface area contributed by atoms with E-state index in [9.17, 15) is 19.7 Å². The molecule has 0 radical (unpaired) electrons. The van der Waals surface area contributed by atoms with Crippen molar-refractivity contribution < 1.29 is 37.5 Å². The van der Waals surface area contributed by atoms with E-state index in [1.54, 1.807) is 24.3 Å². The van der Waals surface area contributed by atoms with Gasteiger partial charge in [-0.15, -0.1) is 0 Å². The van der Waals surface area contributed by atoms with Crippen LogP contribution in [0, 0.1) is 11.3 Å². The van der Waals surface area contributed by atoms with Crippen LogP contribution in [0.15, 0.2) is 42.7 Å². The lowest BCUT2D eigenvalue weighted by molar-refractivity contribution is -0.0781. The molecule has 13 nitrogen and oxygen atoms in total. The van der Waals surface area contributed by atoms with E-state index in [1.807, 2.05) is 6.07 Å². The summed E-state index contributed by atoms with van der Waals surface area (Å²) in [5.74, 6) is -0.413. The molecule has 5 rings (SSSR count). The van der Waals surface area contributed by atoms with Gasteiger partial charge >= 0.3 is 13.8 Å². The minimum absolute atomic E-state index is 0.175. The molecule has 2 aromatic heterocycles. The molecule has 0 aliphatic carbocycles. The van der Waals surface area contributed by atoms with Gasteiger partial charge in [-0.05, 0) is 23.8 Å². The van der Waals surface area contributed by atoms with Crippen molar-refractivity contribution in [2.75, 3.05) is 19.5 Å². The number of benzene rings is 1. The molecule has 3 N–H and O–H groups in total. The van der Waals surface area contributed by atoms with Gasteiger partial charge in [-0.2, -0.15) is 10.4 Å². The summed E-state index contributed by atoms with van der Waals surface area (Å²) < 4.78 is 41.5. The van der Waals surface area contributed by atoms with Gasteiger partial charge in [0.2, 0.25) is 5.60 Å². The van der Waals surface area contributed by atoms with Gasteiger partial charge in [0.25, 0.3) is 0 Å². The summed E-state index contributed by atoms with van der Waals surface area (Å²) in [5, 5.41) is 25.3. The average Bonchev–Trinajstić information content (AvgIpc) is 3.43. The van der Waals surface area contributed by atoms with Gasteiger partial charge in [0.1, 0.15) is 36.2 Å². The van der Waals surface area contributed by atoms with Crippen LogP contribution < -0.4 is 5.73 Å². The molecule has 5 atom stereocenters.